The molecule has 2 rings (SSSR count). The number of anilines is 1. The molecule has 0 heterocycles. The molecule has 2 aromatic rings. The van der Waals surface area contributed by atoms with Gasteiger partial charge < -0.3 is 10.6 Å². The summed E-state index contributed by atoms with van der Waals surface area (Å²) in [5, 5.41) is 15.4. The second kappa shape index (κ2) is 9.02. The van der Waals surface area contributed by atoms with Crippen LogP contribution in [0.15, 0.2) is 65.2 Å². The van der Waals surface area contributed by atoms with Crippen LogP contribution in [0.4, 0.5) is 5.69 Å². The van der Waals surface area contributed by atoms with Crippen LogP contribution in [0.5, 0.6) is 0 Å². The molecule has 24 heavy (non-hydrogen) atoms. The molecule has 2 N–H and O–H groups in total. The number of nitrogens with one attached hydrogen (secondary N) is 2. The van der Waals surface area contributed by atoms with E-state index in [4.69, 9.17) is 11.6 Å². The molecule has 0 fully saturated rings. The molecule has 6 heteroatoms. The number of rotatable bonds is 6. The summed E-state index contributed by atoms with van der Waals surface area (Å²) < 4.78 is 0. The third-order valence-electron chi connectivity index (χ3n) is 3.22. The largest absolute Gasteiger partial charge is 0.360 e. The molecule has 0 bridgehead atoms. The number of carbonyl (C=O) groups excluding carboxylic acids is 1. The Labute approximate surface area is 150 Å². The minimum Gasteiger partial charge on any atom is -0.360 e. The Morgan fingerprint density at radius 1 is 1.29 bits per heavy atom. The van der Waals surface area contributed by atoms with Crippen LogP contribution in [0.1, 0.15) is 5.56 Å². The van der Waals surface area contributed by atoms with E-state index in [1.165, 1.54) is 6.20 Å². The molecule has 0 saturated heterocycles. The summed E-state index contributed by atoms with van der Waals surface area (Å²) in [6.45, 7) is 0.263. The van der Waals surface area contributed by atoms with E-state index in [-0.39, 0.29) is 12.1 Å². The summed E-state index contributed by atoms with van der Waals surface area (Å²) in [4.78, 5) is 13.2. The molecule has 0 spiro atoms. The van der Waals surface area contributed by atoms with Gasteiger partial charge in [-0.05, 0) is 36.1 Å². The Kier molecular flexibility index (Phi) is 6.74. The Morgan fingerprint density at radius 3 is 2.79 bits per heavy atom. The van der Waals surface area contributed by atoms with E-state index in [9.17, 15) is 10.1 Å². The number of benzene rings is 2. The van der Waals surface area contributed by atoms with Gasteiger partial charge in [-0.25, -0.2) is 0 Å². The fourth-order valence-electron chi connectivity index (χ4n) is 1.93. The van der Waals surface area contributed by atoms with Crippen molar-refractivity contribution in [3.63, 3.8) is 0 Å². The number of halogens is 1. The number of carbonyl (C=O) groups is 1. The van der Waals surface area contributed by atoms with Gasteiger partial charge in [-0.15, -0.1) is 11.8 Å². The molecular weight excluding hydrogens is 342 g/mol. The molecule has 0 unspecified atom stereocenters. The first kappa shape index (κ1) is 17.9. The lowest BCUT2D eigenvalue weighted by Gasteiger charge is -2.07. The van der Waals surface area contributed by atoms with Gasteiger partial charge in [0.2, 0.25) is 0 Å². The van der Waals surface area contributed by atoms with Crippen molar-refractivity contribution in [2.75, 3.05) is 11.6 Å². The average molecular weight is 358 g/mol. The van der Waals surface area contributed by atoms with Crippen LogP contribution in [0.2, 0.25) is 5.02 Å². The molecule has 0 saturated carbocycles. The summed E-state index contributed by atoms with van der Waals surface area (Å²) in [5.74, 6) is -0.453. The SMILES string of the molecule is CSc1cccc(N/C=C(/C#N)C(=O)NCc2ccccc2Cl)c1. The summed E-state index contributed by atoms with van der Waals surface area (Å²) in [6, 6.07) is 16.8. The quantitative estimate of drug-likeness (QED) is 0.462. The lowest BCUT2D eigenvalue weighted by Crippen LogP contribution is -2.24. The van der Waals surface area contributed by atoms with E-state index in [0.717, 1.165) is 16.1 Å². The zero-order valence-corrected chi connectivity index (χ0v) is 14.6. The second-order valence-electron chi connectivity index (χ2n) is 4.82. The number of amides is 1. The van der Waals surface area contributed by atoms with Gasteiger partial charge in [0, 0.05) is 28.4 Å². The van der Waals surface area contributed by atoms with Crippen molar-refractivity contribution in [3.8, 4) is 6.07 Å². The fraction of sp³-hybridized carbons (Fsp3) is 0.111. The van der Waals surface area contributed by atoms with E-state index >= 15 is 0 Å². The molecule has 0 aliphatic carbocycles. The van der Waals surface area contributed by atoms with E-state index in [1.807, 2.05) is 54.8 Å². The number of hydrogen-bond acceptors (Lipinski definition) is 4. The van der Waals surface area contributed by atoms with Gasteiger partial charge in [0.15, 0.2) is 0 Å². The first-order valence-corrected chi connectivity index (χ1v) is 8.76. The van der Waals surface area contributed by atoms with Crippen molar-refractivity contribution in [2.24, 2.45) is 0 Å². The van der Waals surface area contributed by atoms with Gasteiger partial charge in [-0.1, -0.05) is 35.9 Å². The van der Waals surface area contributed by atoms with Crippen LogP contribution in [-0.4, -0.2) is 12.2 Å². The number of hydrogen-bond donors (Lipinski definition) is 2. The molecule has 0 atom stereocenters. The monoisotopic (exact) mass is 357 g/mol. The van der Waals surface area contributed by atoms with Gasteiger partial charge in [-0.2, -0.15) is 5.26 Å². The Balaban J connectivity index is 2.00. The fourth-order valence-corrected chi connectivity index (χ4v) is 2.59. The normalized spacial score (nSPS) is 10.8. The van der Waals surface area contributed by atoms with E-state index in [1.54, 1.807) is 17.8 Å². The molecular formula is C18H16ClN3OS. The standard InChI is InChI=1S/C18H16ClN3OS/c1-24-16-7-4-6-15(9-16)21-12-14(10-20)18(23)22-11-13-5-2-3-8-17(13)19/h2-9,12,21H,11H2,1H3,(H,22,23)/b14-12-. The van der Waals surface area contributed by atoms with Crippen molar-refractivity contribution in [2.45, 2.75) is 11.4 Å². The maximum atomic E-state index is 12.1. The first-order chi connectivity index (χ1) is 11.6. The Hall–Kier alpha value is -2.42. The van der Waals surface area contributed by atoms with Crippen LogP contribution < -0.4 is 10.6 Å². The maximum absolute atomic E-state index is 12.1. The van der Waals surface area contributed by atoms with Crippen LogP contribution in [0, 0.1) is 11.3 Å². The molecule has 4 nitrogen and oxygen atoms in total. The molecule has 122 valence electrons. The van der Waals surface area contributed by atoms with Crippen LogP contribution in [0.3, 0.4) is 0 Å². The predicted molar refractivity (Wildman–Crippen MR) is 98.8 cm³/mol. The highest BCUT2D eigenvalue weighted by molar-refractivity contribution is 7.98. The summed E-state index contributed by atoms with van der Waals surface area (Å²) >= 11 is 7.66. The van der Waals surface area contributed by atoms with E-state index < -0.39 is 5.91 Å². The summed E-state index contributed by atoms with van der Waals surface area (Å²) in [5.41, 5.74) is 1.61. The van der Waals surface area contributed by atoms with Gasteiger partial charge >= 0.3 is 0 Å². The van der Waals surface area contributed by atoms with Gasteiger partial charge in [0.05, 0.1) is 0 Å². The van der Waals surface area contributed by atoms with Crippen molar-refractivity contribution >= 4 is 35.0 Å². The molecule has 2 aromatic carbocycles. The molecule has 0 aromatic heterocycles. The summed E-state index contributed by atoms with van der Waals surface area (Å²) in [6.07, 6.45) is 3.39. The minimum atomic E-state index is -0.453. The van der Waals surface area contributed by atoms with Crippen LogP contribution >= 0.6 is 23.4 Å². The van der Waals surface area contributed by atoms with Gasteiger partial charge in [0.1, 0.15) is 11.6 Å². The maximum Gasteiger partial charge on any atom is 0.263 e. The summed E-state index contributed by atoms with van der Waals surface area (Å²) in [7, 11) is 0. The average Bonchev–Trinajstić information content (AvgIpc) is 2.61. The second-order valence-corrected chi connectivity index (χ2v) is 6.11. The minimum absolute atomic E-state index is 0.00314. The highest BCUT2D eigenvalue weighted by Gasteiger charge is 2.09. The lowest BCUT2D eigenvalue weighted by molar-refractivity contribution is -0.117. The van der Waals surface area contributed by atoms with E-state index in [0.29, 0.717) is 5.02 Å². The highest BCUT2D eigenvalue weighted by Crippen LogP contribution is 2.19. The third kappa shape index (κ3) is 5.05. The smallest absolute Gasteiger partial charge is 0.263 e. The van der Waals surface area contributed by atoms with Crippen LogP contribution in [0.25, 0.3) is 0 Å². The Morgan fingerprint density at radius 2 is 2.08 bits per heavy atom. The Bertz CT molecular complexity index is 799. The van der Waals surface area contributed by atoms with Gasteiger partial charge in [-0.3, -0.25) is 4.79 Å². The molecule has 0 aliphatic heterocycles. The van der Waals surface area contributed by atoms with E-state index in [2.05, 4.69) is 10.6 Å². The van der Waals surface area contributed by atoms with Crippen molar-refractivity contribution < 1.29 is 4.79 Å². The first-order valence-electron chi connectivity index (χ1n) is 7.16. The predicted octanol–water partition coefficient (Wildman–Crippen LogP) is 4.20. The van der Waals surface area contributed by atoms with Gasteiger partial charge in [0.25, 0.3) is 5.91 Å². The van der Waals surface area contributed by atoms with Crippen LogP contribution in [-0.2, 0) is 11.3 Å². The lowest BCUT2D eigenvalue weighted by atomic mass is 10.2. The zero-order valence-electron chi connectivity index (χ0n) is 13.0. The van der Waals surface area contributed by atoms with Crippen molar-refractivity contribution in [3.05, 3.63) is 70.9 Å². The number of nitrogens with zero attached hydrogens (tertiary/aromatic N) is 1. The van der Waals surface area contributed by atoms with Crippen molar-refractivity contribution in [1.29, 1.82) is 5.26 Å². The molecule has 1 amide bonds. The zero-order chi connectivity index (χ0) is 17.4. The topological polar surface area (TPSA) is 64.9 Å². The third-order valence-corrected chi connectivity index (χ3v) is 4.31. The highest BCUT2D eigenvalue weighted by atomic mass is 35.5. The number of nitriles is 1. The number of thioether (sulfide) groups is 1. The molecule has 0 aliphatic rings. The van der Waals surface area contributed by atoms with Crippen molar-refractivity contribution in [1.82, 2.24) is 5.32 Å². The molecule has 0 radical (unpaired) electrons.